The van der Waals surface area contributed by atoms with E-state index in [4.69, 9.17) is 14.9 Å². The molecule has 2 atom stereocenters. The molecule has 0 fully saturated rings. The van der Waals surface area contributed by atoms with Crippen molar-refractivity contribution >= 4 is 5.91 Å². The van der Waals surface area contributed by atoms with Crippen LogP contribution in [0.4, 0.5) is 0 Å². The summed E-state index contributed by atoms with van der Waals surface area (Å²) in [5.41, 5.74) is 5.51. The zero-order valence-electron chi connectivity index (χ0n) is 10.3. The molecular formula is C12H20N2O3. The predicted octanol–water partition coefficient (Wildman–Crippen LogP) is 1.21. The Labute approximate surface area is 101 Å². The third-order valence-corrected chi connectivity index (χ3v) is 2.43. The van der Waals surface area contributed by atoms with E-state index in [2.05, 4.69) is 5.32 Å². The van der Waals surface area contributed by atoms with Crippen LogP contribution in [0, 0.1) is 0 Å². The largest absolute Gasteiger partial charge is 0.467 e. The van der Waals surface area contributed by atoms with Gasteiger partial charge in [0.15, 0.2) is 0 Å². The van der Waals surface area contributed by atoms with Gasteiger partial charge in [-0.2, -0.15) is 0 Å². The van der Waals surface area contributed by atoms with Gasteiger partial charge in [-0.3, -0.25) is 4.79 Å². The molecule has 96 valence electrons. The number of ether oxygens (including phenoxy) is 1. The maximum absolute atomic E-state index is 11.7. The Bertz CT molecular complexity index is 325. The molecule has 1 heterocycles. The molecule has 1 aromatic heterocycles. The van der Waals surface area contributed by atoms with E-state index in [0.717, 1.165) is 5.76 Å². The number of rotatable bonds is 7. The van der Waals surface area contributed by atoms with Gasteiger partial charge in [-0.15, -0.1) is 0 Å². The lowest BCUT2D eigenvalue weighted by Crippen LogP contribution is -2.34. The first-order valence-corrected chi connectivity index (χ1v) is 5.81. The van der Waals surface area contributed by atoms with Crippen LogP contribution in [-0.4, -0.2) is 25.2 Å². The molecule has 0 radical (unpaired) electrons. The molecule has 5 heteroatoms. The van der Waals surface area contributed by atoms with E-state index in [9.17, 15) is 4.79 Å². The van der Waals surface area contributed by atoms with Crippen LogP contribution >= 0.6 is 0 Å². The quantitative estimate of drug-likeness (QED) is 0.751. The molecule has 3 N–H and O–H groups in total. The van der Waals surface area contributed by atoms with Crippen LogP contribution in [0.5, 0.6) is 0 Å². The minimum absolute atomic E-state index is 0.0854. The van der Waals surface area contributed by atoms with E-state index in [0.29, 0.717) is 13.2 Å². The van der Waals surface area contributed by atoms with Gasteiger partial charge >= 0.3 is 0 Å². The standard InChI is InChI=1S/C12H20N2O3/c1-3-16-10(8-13)7-12(15)14-9(2)11-5-4-6-17-11/h4-6,9-10H,3,7-8,13H2,1-2H3,(H,14,15). The molecule has 0 bridgehead atoms. The lowest BCUT2D eigenvalue weighted by molar-refractivity contribution is -0.124. The molecule has 1 aromatic rings. The van der Waals surface area contributed by atoms with Crippen molar-refractivity contribution in [3.63, 3.8) is 0 Å². The highest BCUT2D eigenvalue weighted by atomic mass is 16.5. The second kappa shape index (κ2) is 7.09. The van der Waals surface area contributed by atoms with Crippen molar-refractivity contribution in [2.75, 3.05) is 13.2 Å². The molecule has 2 unspecified atom stereocenters. The molecular weight excluding hydrogens is 220 g/mol. The van der Waals surface area contributed by atoms with Crippen molar-refractivity contribution in [1.82, 2.24) is 5.32 Å². The lowest BCUT2D eigenvalue weighted by Gasteiger charge is -2.16. The number of nitrogens with one attached hydrogen (secondary N) is 1. The highest BCUT2D eigenvalue weighted by molar-refractivity contribution is 5.76. The Morgan fingerprint density at radius 1 is 1.65 bits per heavy atom. The molecule has 0 saturated carbocycles. The molecule has 1 rings (SSSR count). The summed E-state index contributed by atoms with van der Waals surface area (Å²) < 4.78 is 10.5. The monoisotopic (exact) mass is 240 g/mol. The van der Waals surface area contributed by atoms with Crippen LogP contribution < -0.4 is 11.1 Å². The molecule has 5 nitrogen and oxygen atoms in total. The van der Waals surface area contributed by atoms with Gasteiger partial charge in [0, 0.05) is 13.2 Å². The van der Waals surface area contributed by atoms with Gasteiger partial charge in [-0.1, -0.05) is 0 Å². The Balaban J connectivity index is 2.38. The van der Waals surface area contributed by atoms with Crippen LogP contribution in [0.1, 0.15) is 32.1 Å². The van der Waals surface area contributed by atoms with Crippen molar-refractivity contribution in [3.05, 3.63) is 24.2 Å². The van der Waals surface area contributed by atoms with Gasteiger partial charge in [0.2, 0.25) is 5.91 Å². The molecule has 0 aliphatic carbocycles. The van der Waals surface area contributed by atoms with Crippen molar-refractivity contribution < 1.29 is 13.9 Å². The normalized spacial score (nSPS) is 14.3. The number of hydrogen-bond acceptors (Lipinski definition) is 4. The average molecular weight is 240 g/mol. The summed E-state index contributed by atoms with van der Waals surface area (Å²) >= 11 is 0. The molecule has 17 heavy (non-hydrogen) atoms. The van der Waals surface area contributed by atoms with Crippen LogP contribution in [0.2, 0.25) is 0 Å². The zero-order chi connectivity index (χ0) is 12.7. The van der Waals surface area contributed by atoms with E-state index in [1.807, 2.05) is 19.9 Å². The third-order valence-electron chi connectivity index (χ3n) is 2.43. The zero-order valence-corrected chi connectivity index (χ0v) is 10.3. The fraction of sp³-hybridized carbons (Fsp3) is 0.583. The van der Waals surface area contributed by atoms with Gasteiger partial charge in [0.1, 0.15) is 5.76 Å². The Hall–Kier alpha value is -1.33. The smallest absolute Gasteiger partial charge is 0.223 e. The maximum atomic E-state index is 11.7. The van der Waals surface area contributed by atoms with Crippen LogP contribution in [-0.2, 0) is 9.53 Å². The van der Waals surface area contributed by atoms with E-state index in [1.165, 1.54) is 0 Å². The summed E-state index contributed by atoms with van der Waals surface area (Å²) in [6, 6.07) is 3.48. The summed E-state index contributed by atoms with van der Waals surface area (Å²) in [6.45, 7) is 4.65. The summed E-state index contributed by atoms with van der Waals surface area (Å²) in [6.07, 6.45) is 1.64. The number of carbonyl (C=O) groups is 1. The Morgan fingerprint density at radius 3 is 2.94 bits per heavy atom. The maximum Gasteiger partial charge on any atom is 0.223 e. The van der Waals surface area contributed by atoms with Gasteiger partial charge in [-0.25, -0.2) is 0 Å². The summed E-state index contributed by atoms with van der Waals surface area (Å²) in [4.78, 5) is 11.7. The number of carbonyl (C=O) groups excluding carboxylic acids is 1. The Morgan fingerprint density at radius 2 is 2.41 bits per heavy atom. The minimum Gasteiger partial charge on any atom is -0.467 e. The predicted molar refractivity (Wildman–Crippen MR) is 64.4 cm³/mol. The van der Waals surface area contributed by atoms with Crippen LogP contribution in [0.3, 0.4) is 0 Å². The minimum atomic E-state index is -0.219. The molecule has 0 aliphatic heterocycles. The number of furan rings is 1. The van der Waals surface area contributed by atoms with Crippen LogP contribution in [0.15, 0.2) is 22.8 Å². The summed E-state index contributed by atoms with van der Waals surface area (Å²) in [7, 11) is 0. The molecule has 0 saturated heterocycles. The average Bonchev–Trinajstić information content (AvgIpc) is 2.81. The topological polar surface area (TPSA) is 77.5 Å². The highest BCUT2D eigenvalue weighted by Crippen LogP contribution is 2.12. The van der Waals surface area contributed by atoms with Crippen molar-refractivity contribution in [3.8, 4) is 0 Å². The SMILES string of the molecule is CCOC(CN)CC(=O)NC(C)c1ccco1. The van der Waals surface area contributed by atoms with E-state index in [1.54, 1.807) is 12.3 Å². The molecule has 1 amide bonds. The Kier molecular flexibility index (Phi) is 5.72. The second-order valence-corrected chi connectivity index (χ2v) is 3.82. The second-order valence-electron chi connectivity index (χ2n) is 3.82. The first-order valence-electron chi connectivity index (χ1n) is 5.81. The van der Waals surface area contributed by atoms with E-state index >= 15 is 0 Å². The number of hydrogen-bond donors (Lipinski definition) is 2. The molecule has 0 aliphatic rings. The van der Waals surface area contributed by atoms with Gasteiger partial charge in [0.05, 0.1) is 24.8 Å². The van der Waals surface area contributed by atoms with Crippen molar-refractivity contribution in [1.29, 1.82) is 0 Å². The summed E-state index contributed by atoms with van der Waals surface area (Å²) in [5, 5.41) is 2.84. The third kappa shape index (κ3) is 4.58. The fourth-order valence-corrected chi connectivity index (χ4v) is 1.56. The molecule has 0 spiro atoms. The number of amides is 1. The first kappa shape index (κ1) is 13.7. The fourth-order valence-electron chi connectivity index (χ4n) is 1.56. The van der Waals surface area contributed by atoms with E-state index < -0.39 is 0 Å². The van der Waals surface area contributed by atoms with Gasteiger partial charge < -0.3 is 20.2 Å². The lowest BCUT2D eigenvalue weighted by atomic mass is 10.2. The van der Waals surface area contributed by atoms with Crippen molar-refractivity contribution in [2.24, 2.45) is 5.73 Å². The van der Waals surface area contributed by atoms with Gasteiger partial charge in [0.25, 0.3) is 0 Å². The van der Waals surface area contributed by atoms with Crippen molar-refractivity contribution in [2.45, 2.75) is 32.4 Å². The van der Waals surface area contributed by atoms with Gasteiger partial charge in [-0.05, 0) is 26.0 Å². The first-order chi connectivity index (χ1) is 8.17. The highest BCUT2D eigenvalue weighted by Gasteiger charge is 2.16. The van der Waals surface area contributed by atoms with E-state index in [-0.39, 0.29) is 24.5 Å². The molecule has 0 aromatic carbocycles. The number of nitrogens with two attached hydrogens (primary N) is 1. The van der Waals surface area contributed by atoms with Crippen LogP contribution in [0.25, 0.3) is 0 Å². The summed E-state index contributed by atoms with van der Waals surface area (Å²) in [5.74, 6) is 0.650.